The summed E-state index contributed by atoms with van der Waals surface area (Å²) in [5.74, 6) is 0. The van der Waals surface area contributed by atoms with Gasteiger partial charge in [0.05, 0.1) is 0 Å². The van der Waals surface area contributed by atoms with E-state index in [1.165, 1.54) is 13.2 Å². The molecule has 0 radical (unpaired) electrons. The van der Waals surface area contributed by atoms with Crippen LogP contribution in [0.2, 0.25) is 0 Å². The smallest absolute Gasteiger partial charge is 0.00660 e. The fraction of sp³-hybridized carbons (Fsp3) is 0.333. The first-order valence-corrected chi connectivity index (χ1v) is 2.37. The molecule has 0 rings (SSSR count). The maximum atomic E-state index is 10.2. The van der Waals surface area contributed by atoms with Crippen LogP contribution in [0.4, 0.5) is 0 Å². The van der Waals surface area contributed by atoms with Gasteiger partial charge in [0.15, 0.2) is 0 Å². The van der Waals surface area contributed by atoms with E-state index in [1.807, 2.05) is 6.92 Å². The fourth-order valence-electron chi connectivity index (χ4n) is 0.339. The quantitative estimate of drug-likeness (QED) is 0.399. The first-order chi connectivity index (χ1) is 3.66. The van der Waals surface area contributed by atoms with E-state index in [0.717, 1.165) is 10.6 Å². The maximum Gasteiger partial charge on any atom is -0.00660 e. The van der Waals surface area contributed by atoms with Gasteiger partial charge < -0.3 is 10.3 Å². The lowest BCUT2D eigenvalue weighted by atomic mass is 10.3. The number of allylic oxidation sites excluding steroid dienone is 2. The monoisotopic (exact) mass is 112 g/mol. The molecule has 8 heavy (non-hydrogen) atoms. The minimum Gasteiger partial charge on any atom is -0.759 e. The van der Waals surface area contributed by atoms with Crippen molar-refractivity contribution in [1.29, 1.82) is 0 Å². The molecule has 46 valence electrons. The van der Waals surface area contributed by atoms with Crippen molar-refractivity contribution in [2.75, 3.05) is 7.05 Å². The molecule has 0 unspecified atom stereocenters. The topological polar surface area (TPSA) is 26.3 Å². The van der Waals surface area contributed by atoms with Crippen molar-refractivity contribution in [3.63, 3.8) is 0 Å². The van der Waals surface area contributed by atoms with Gasteiger partial charge in [0, 0.05) is 0 Å². The molecular formula is C6H10NO-. The van der Waals surface area contributed by atoms with Gasteiger partial charge in [-0.25, -0.2) is 0 Å². The number of hydrogen-bond acceptors (Lipinski definition) is 2. The molecule has 2 heteroatoms. The first-order valence-electron chi connectivity index (χ1n) is 2.37. The van der Waals surface area contributed by atoms with Gasteiger partial charge in [0.2, 0.25) is 0 Å². The fourth-order valence-corrected chi connectivity index (χ4v) is 0.339. The predicted molar refractivity (Wildman–Crippen MR) is 35.1 cm³/mol. The molecule has 0 saturated heterocycles. The minimum absolute atomic E-state index is 0.747. The summed E-state index contributed by atoms with van der Waals surface area (Å²) in [6, 6.07) is 0. The van der Waals surface area contributed by atoms with Gasteiger partial charge in [0.1, 0.15) is 0 Å². The largest absolute Gasteiger partial charge is 0.759 e. The average molecular weight is 112 g/mol. The van der Waals surface area contributed by atoms with Crippen molar-refractivity contribution in [2.24, 2.45) is 0 Å². The summed E-state index contributed by atoms with van der Waals surface area (Å²) in [4.78, 5) is 0. The van der Waals surface area contributed by atoms with Crippen LogP contribution in [-0.2, 0) is 0 Å². The Morgan fingerprint density at radius 3 is 2.38 bits per heavy atom. The summed E-state index contributed by atoms with van der Waals surface area (Å²) in [6.07, 6.45) is 3.10. The van der Waals surface area contributed by atoms with E-state index in [2.05, 4.69) is 6.58 Å². The van der Waals surface area contributed by atoms with Crippen LogP contribution in [0.5, 0.6) is 0 Å². The highest BCUT2D eigenvalue weighted by Gasteiger charge is 1.74. The second-order valence-corrected chi connectivity index (χ2v) is 1.62. The summed E-state index contributed by atoms with van der Waals surface area (Å²) < 4.78 is 0. The van der Waals surface area contributed by atoms with Crippen LogP contribution in [0, 0.1) is 5.21 Å². The standard InChI is InChI=1S/C6H10NO/c1-4-6(2)5-7(3)8/h4-5H,1H2,2-3H3/q-1/b6-5-. The molecule has 0 atom stereocenters. The zero-order valence-electron chi connectivity index (χ0n) is 5.22. The summed E-state index contributed by atoms with van der Waals surface area (Å²) in [6.45, 7) is 5.30. The normalized spacial score (nSPS) is 11.1. The predicted octanol–water partition coefficient (Wildman–Crippen LogP) is 1.51. The molecule has 0 aliphatic heterocycles. The second kappa shape index (κ2) is 3.27. The molecule has 0 aliphatic carbocycles. The average Bonchev–Trinajstić information content (AvgIpc) is 1.65. The molecule has 0 heterocycles. The zero-order chi connectivity index (χ0) is 6.57. The Labute approximate surface area is 49.7 Å². The second-order valence-electron chi connectivity index (χ2n) is 1.62. The van der Waals surface area contributed by atoms with Crippen molar-refractivity contribution < 1.29 is 0 Å². The SMILES string of the molecule is C=C/C(C)=C\N(C)[O-]. The van der Waals surface area contributed by atoms with Crippen molar-refractivity contribution in [3.8, 4) is 0 Å². The molecule has 0 aliphatic rings. The van der Waals surface area contributed by atoms with Gasteiger partial charge in [-0.3, -0.25) is 0 Å². The van der Waals surface area contributed by atoms with Gasteiger partial charge in [-0.05, 0) is 25.7 Å². The summed E-state index contributed by atoms with van der Waals surface area (Å²) in [5, 5.41) is 11.0. The molecule has 0 aromatic rings. The maximum absolute atomic E-state index is 10.2. The molecule has 0 fully saturated rings. The Hall–Kier alpha value is -0.760. The molecule has 0 spiro atoms. The van der Waals surface area contributed by atoms with Gasteiger partial charge in [-0.1, -0.05) is 12.7 Å². The summed E-state index contributed by atoms with van der Waals surface area (Å²) in [7, 11) is 1.44. The Kier molecular flexibility index (Phi) is 2.96. The number of hydroxylamine groups is 2. The first kappa shape index (κ1) is 7.24. The third-order valence-electron chi connectivity index (χ3n) is 0.707. The number of rotatable bonds is 2. The third kappa shape index (κ3) is 3.43. The molecule has 0 bridgehead atoms. The van der Waals surface area contributed by atoms with Crippen LogP contribution in [0.25, 0.3) is 0 Å². The van der Waals surface area contributed by atoms with E-state index in [4.69, 9.17) is 0 Å². The molecule has 0 N–H and O–H groups in total. The highest BCUT2D eigenvalue weighted by atomic mass is 16.5. The molecule has 2 nitrogen and oxygen atoms in total. The number of hydrogen-bond donors (Lipinski definition) is 0. The van der Waals surface area contributed by atoms with Crippen LogP contribution in [-0.4, -0.2) is 12.1 Å². The van der Waals surface area contributed by atoms with Crippen LogP contribution in [0.1, 0.15) is 6.92 Å². The van der Waals surface area contributed by atoms with Gasteiger partial charge in [0.25, 0.3) is 0 Å². The van der Waals surface area contributed by atoms with Crippen LogP contribution >= 0.6 is 0 Å². The van der Waals surface area contributed by atoms with Gasteiger partial charge in [-0.15, -0.1) is 0 Å². The van der Waals surface area contributed by atoms with Gasteiger partial charge >= 0.3 is 0 Å². The van der Waals surface area contributed by atoms with E-state index in [1.54, 1.807) is 6.08 Å². The third-order valence-corrected chi connectivity index (χ3v) is 0.707. The van der Waals surface area contributed by atoms with E-state index >= 15 is 0 Å². The van der Waals surface area contributed by atoms with Crippen molar-refractivity contribution in [1.82, 2.24) is 5.06 Å². The summed E-state index contributed by atoms with van der Waals surface area (Å²) in [5.41, 5.74) is 0.877. The van der Waals surface area contributed by atoms with E-state index in [-0.39, 0.29) is 0 Å². The molecule has 0 saturated carbocycles. The Balaban J connectivity index is 3.74. The van der Waals surface area contributed by atoms with Crippen LogP contribution in [0.15, 0.2) is 24.4 Å². The van der Waals surface area contributed by atoms with Crippen molar-refractivity contribution in [2.45, 2.75) is 6.92 Å². The van der Waals surface area contributed by atoms with Gasteiger partial charge in [-0.2, -0.15) is 0 Å². The van der Waals surface area contributed by atoms with Crippen LogP contribution < -0.4 is 0 Å². The Bertz CT molecular complexity index is 105. The lowest BCUT2D eigenvalue weighted by molar-refractivity contribution is 0.626. The van der Waals surface area contributed by atoms with E-state index < -0.39 is 0 Å². The van der Waals surface area contributed by atoms with Crippen molar-refractivity contribution >= 4 is 0 Å². The van der Waals surface area contributed by atoms with Crippen molar-refractivity contribution in [3.05, 3.63) is 29.6 Å². The highest BCUT2D eigenvalue weighted by Crippen LogP contribution is 1.92. The van der Waals surface area contributed by atoms with E-state index in [9.17, 15) is 5.21 Å². The zero-order valence-corrected chi connectivity index (χ0v) is 5.22. The Morgan fingerprint density at radius 2 is 2.25 bits per heavy atom. The molecule has 0 amide bonds. The lowest BCUT2D eigenvalue weighted by Crippen LogP contribution is -1.97. The number of nitrogens with zero attached hydrogens (tertiary/aromatic N) is 1. The lowest BCUT2D eigenvalue weighted by Gasteiger charge is -2.19. The minimum atomic E-state index is 0.747. The molecule has 0 aromatic heterocycles. The van der Waals surface area contributed by atoms with Crippen LogP contribution in [0.3, 0.4) is 0 Å². The summed E-state index contributed by atoms with van der Waals surface area (Å²) >= 11 is 0. The molecular weight excluding hydrogens is 102 g/mol. The Morgan fingerprint density at radius 1 is 1.75 bits per heavy atom. The highest BCUT2D eigenvalue weighted by molar-refractivity contribution is 5.11. The van der Waals surface area contributed by atoms with E-state index in [0.29, 0.717) is 0 Å². The molecule has 0 aromatic carbocycles.